The van der Waals surface area contributed by atoms with Crippen molar-refractivity contribution in [2.45, 2.75) is 0 Å². The summed E-state index contributed by atoms with van der Waals surface area (Å²) >= 11 is 11.4. The van der Waals surface area contributed by atoms with E-state index in [-0.39, 0.29) is 11.8 Å². The second-order valence-electron chi connectivity index (χ2n) is 3.08. The number of aromatic amines is 1. The maximum atomic E-state index is 11.1. The summed E-state index contributed by atoms with van der Waals surface area (Å²) in [6, 6.07) is 5.48. The summed E-state index contributed by atoms with van der Waals surface area (Å²) in [5.41, 5.74) is 1.49. The number of alkyl halides is 1. The summed E-state index contributed by atoms with van der Waals surface area (Å²) in [5, 5.41) is 4.12. The molecule has 0 saturated heterocycles. The van der Waals surface area contributed by atoms with Gasteiger partial charge in [-0.05, 0) is 18.2 Å². The van der Waals surface area contributed by atoms with E-state index in [0.717, 1.165) is 10.9 Å². The molecule has 1 aromatic heterocycles. The van der Waals surface area contributed by atoms with Crippen LogP contribution in [0.3, 0.4) is 0 Å². The number of H-pyrrole nitrogens is 1. The first-order chi connectivity index (χ1) is 7.20. The van der Waals surface area contributed by atoms with Crippen molar-refractivity contribution < 1.29 is 4.79 Å². The van der Waals surface area contributed by atoms with Crippen molar-refractivity contribution in [3.8, 4) is 0 Å². The lowest BCUT2D eigenvalue weighted by molar-refractivity contribution is -0.113. The van der Waals surface area contributed by atoms with Crippen LogP contribution >= 0.6 is 23.2 Å². The minimum Gasteiger partial charge on any atom is -0.361 e. The van der Waals surface area contributed by atoms with Crippen LogP contribution in [0.1, 0.15) is 0 Å². The molecule has 0 radical (unpaired) electrons. The van der Waals surface area contributed by atoms with Gasteiger partial charge in [0.15, 0.2) is 0 Å². The third-order valence-corrected chi connectivity index (χ3v) is 2.59. The first-order valence-corrected chi connectivity index (χ1v) is 5.24. The Labute approximate surface area is 96.4 Å². The summed E-state index contributed by atoms with van der Waals surface area (Å²) in [4.78, 5) is 14.1. The van der Waals surface area contributed by atoms with E-state index in [1.807, 2.05) is 12.3 Å². The van der Waals surface area contributed by atoms with Crippen molar-refractivity contribution in [1.29, 1.82) is 0 Å². The predicted octanol–water partition coefficient (Wildman–Crippen LogP) is 3.00. The van der Waals surface area contributed by atoms with E-state index in [9.17, 15) is 4.79 Å². The van der Waals surface area contributed by atoms with Crippen molar-refractivity contribution in [2.24, 2.45) is 0 Å². The number of hydrogen-bond donors (Lipinski definition) is 2. The maximum absolute atomic E-state index is 11.1. The summed E-state index contributed by atoms with van der Waals surface area (Å²) in [6.45, 7) is 0. The molecule has 1 aromatic carbocycles. The van der Waals surface area contributed by atoms with Crippen LogP contribution in [0.5, 0.6) is 0 Å². The molecule has 0 aliphatic carbocycles. The Kier molecular flexibility index (Phi) is 2.84. The first kappa shape index (κ1) is 10.3. The Morgan fingerprint density at radius 2 is 2.27 bits per heavy atom. The van der Waals surface area contributed by atoms with E-state index in [1.165, 1.54) is 0 Å². The van der Waals surface area contributed by atoms with Crippen molar-refractivity contribution in [2.75, 3.05) is 11.2 Å². The van der Waals surface area contributed by atoms with Crippen LogP contribution < -0.4 is 5.32 Å². The minimum atomic E-state index is -0.274. The molecule has 2 N–H and O–H groups in total. The average Bonchev–Trinajstić information content (AvgIpc) is 2.65. The quantitative estimate of drug-likeness (QED) is 0.782. The SMILES string of the molecule is O=C(CCl)Nc1cc2[nH]ccc2cc1Cl. The Morgan fingerprint density at radius 1 is 1.47 bits per heavy atom. The second-order valence-corrected chi connectivity index (χ2v) is 3.75. The summed E-state index contributed by atoms with van der Waals surface area (Å²) in [7, 11) is 0. The molecule has 1 heterocycles. The molecular formula is C10H8Cl2N2O. The van der Waals surface area contributed by atoms with Crippen LogP contribution in [0.2, 0.25) is 5.02 Å². The molecule has 0 aliphatic rings. The van der Waals surface area contributed by atoms with E-state index >= 15 is 0 Å². The van der Waals surface area contributed by atoms with Gasteiger partial charge in [0.05, 0.1) is 10.7 Å². The molecule has 0 saturated carbocycles. The molecule has 2 rings (SSSR count). The van der Waals surface area contributed by atoms with E-state index in [1.54, 1.807) is 12.1 Å². The number of halogens is 2. The lowest BCUT2D eigenvalue weighted by Gasteiger charge is -2.05. The zero-order valence-corrected chi connectivity index (χ0v) is 9.19. The zero-order valence-electron chi connectivity index (χ0n) is 7.68. The molecule has 0 spiro atoms. The predicted molar refractivity (Wildman–Crippen MR) is 62.7 cm³/mol. The highest BCUT2D eigenvalue weighted by atomic mass is 35.5. The number of aromatic nitrogens is 1. The van der Waals surface area contributed by atoms with Crippen molar-refractivity contribution in [3.63, 3.8) is 0 Å². The van der Waals surface area contributed by atoms with Gasteiger partial charge in [0.1, 0.15) is 5.88 Å². The Balaban J connectivity index is 2.41. The van der Waals surface area contributed by atoms with Gasteiger partial charge in [0.2, 0.25) is 5.91 Å². The zero-order chi connectivity index (χ0) is 10.8. The molecule has 0 fully saturated rings. The molecule has 15 heavy (non-hydrogen) atoms. The monoisotopic (exact) mass is 242 g/mol. The number of carbonyl (C=O) groups is 1. The van der Waals surface area contributed by atoms with Gasteiger partial charge < -0.3 is 10.3 Å². The molecule has 0 aliphatic heterocycles. The highest BCUT2D eigenvalue weighted by molar-refractivity contribution is 6.35. The summed E-state index contributed by atoms with van der Waals surface area (Å²) < 4.78 is 0. The fourth-order valence-corrected chi connectivity index (χ4v) is 1.64. The Bertz CT molecular complexity index is 507. The number of amides is 1. The fourth-order valence-electron chi connectivity index (χ4n) is 1.35. The maximum Gasteiger partial charge on any atom is 0.239 e. The number of fused-ring (bicyclic) bond motifs is 1. The number of carbonyl (C=O) groups excluding carboxylic acids is 1. The molecule has 0 atom stereocenters. The third kappa shape index (κ3) is 2.08. The molecule has 78 valence electrons. The number of hydrogen-bond acceptors (Lipinski definition) is 1. The van der Waals surface area contributed by atoms with Crippen LogP contribution in [0.4, 0.5) is 5.69 Å². The van der Waals surface area contributed by atoms with Gasteiger partial charge in [0.25, 0.3) is 0 Å². The van der Waals surface area contributed by atoms with Gasteiger partial charge in [-0.1, -0.05) is 11.6 Å². The van der Waals surface area contributed by atoms with E-state index in [0.29, 0.717) is 10.7 Å². The van der Waals surface area contributed by atoms with Crippen LogP contribution in [-0.2, 0) is 4.79 Å². The van der Waals surface area contributed by atoms with Gasteiger partial charge in [-0.2, -0.15) is 0 Å². The van der Waals surface area contributed by atoms with Gasteiger partial charge in [-0.15, -0.1) is 11.6 Å². The largest absolute Gasteiger partial charge is 0.361 e. The van der Waals surface area contributed by atoms with Gasteiger partial charge in [-0.3, -0.25) is 4.79 Å². The average molecular weight is 243 g/mol. The molecule has 2 aromatic rings. The van der Waals surface area contributed by atoms with Crippen LogP contribution in [0.25, 0.3) is 10.9 Å². The molecule has 0 bridgehead atoms. The normalized spacial score (nSPS) is 10.5. The van der Waals surface area contributed by atoms with Crippen molar-refractivity contribution in [1.82, 2.24) is 4.98 Å². The molecule has 3 nitrogen and oxygen atoms in total. The van der Waals surface area contributed by atoms with Gasteiger partial charge >= 0.3 is 0 Å². The molecular weight excluding hydrogens is 235 g/mol. The number of anilines is 1. The van der Waals surface area contributed by atoms with Gasteiger partial charge in [0, 0.05) is 17.1 Å². The molecule has 1 amide bonds. The van der Waals surface area contributed by atoms with Crippen LogP contribution in [-0.4, -0.2) is 16.8 Å². The highest BCUT2D eigenvalue weighted by Crippen LogP contribution is 2.27. The summed E-state index contributed by atoms with van der Waals surface area (Å²) in [6.07, 6.45) is 1.81. The fraction of sp³-hybridized carbons (Fsp3) is 0.100. The summed E-state index contributed by atoms with van der Waals surface area (Å²) in [5.74, 6) is -0.358. The van der Waals surface area contributed by atoms with Crippen molar-refractivity contribution in [3.05, 3.63) is 29.4 Å². The number of benzene rings is 1. The number of rotatable bonds is 2. The minimum absolute atomic E-state index is 0.0842. The van der Waals surface area contributed by atoms with Crippen molar-refractivity contribution >= 4 is 45.7 Å². The second kappa shape index (κ2) is 4.13. The number of nitrogens with one attached hydrogen (secondary N) is 2. The molecule has 0 unspecified atom stereocenters. The Hall–Kier alpha value is -1.19. The van der Waals surface area contributed by atoms with E-state index < -0.39 is 0 Å². The molecule has 5 heteroatoms. The van der Waals surface area contributed by atoms with Crippen LogP contribution in [0, 0.1) is 0 Å². The van der Waals surface area contributed by atoms with Crippen LogP contribution in [0.15, 0.2) is 24.4 Å². The smallest absolute Gasteiger partial charge is 0.239 e. The van der Waals surface area contributed by atoms with E-state index in [2.05, 4.69) is 10.3 Å². The van der Waals surface area contributed by atoms with E-state index in [4.69, 9.17) is 23.2 Å². The Morgan fingerprint density at radius 3 is 3.00 bits per heavy atom. The lowest BCUT2D eigenvalue weighted by atomic mass is 10.2. The van der Waals surface area contributed by atoms with Gasteiger partial charge in [-0.25, -0.2) is 0 Å². The topological polar surface area (TPSA) is 44.9 Å². The first-order valence-electron chi connectivity index (χ1n) is 4.33. The lowest BCUT2D eigenvalue weighted by Crippen LogP contribution is -2.12. The standard InChI is InChI=1S/C10H8Cl2N2O/c11-5-10(15)14-9-4-8-6(1-2-13-8)3-7(9)12/h1-4,13H,5H2,(H,14,15). The third-order valence-electron chi connectivity index (χ3n) is 2.04. The highest BCUT2D eigenvalue weighted by Gasteiger charge is 2.06.